The summed E-state index contributed by atoms with van der Waals surface area (Å²) in [6.45, 7) is 0.0897. The van der Waals surface area contributed by atoms with Crippen molar-refractivity contribution in [2.24, 2.45) is 0 Å². The maximum atomic E-state index is 12.1. The number of halogens is 2. The van der Waals surface area contributed by atoms with Gasteiger partial charge < -0.3 is 5.11 Å². The second kappa shape index (κ2) is 6.83. The smallest absolute Gasteiger partial charge is 0.303 e. The molecule has 0 bridgehead atoms. The Hall–Kier alpha value is -1.02. The highest BCUT2D eigenvalue weighted by molar-refractivity contribution is 8.18. The average molecular weight is 366 g/mol. The van der Waals surface area contributed by atoms with Gasteiger partial charge in [-0.3, -0.25) is 19.3 Å². The molecule has 1 aromatic rings. The SMILES string of the molecule is O=C(O)CCCN1C(=O)SC(=Cc2cc(Cl)sc2Cl)C1=O. The summed E-state index contributed by atoms with van der Waals surface area (Å²) in [4.78, 5) is 35.6. The number of thiophene rings is 1. The average Bonchev–Trinajstić information content (AvgIpc) is 2.83. The second-order valence-electron chi connectivity index (χ2n) is 4.11. The second-order valence-corrected chi connectivity index (χ2v) is 7.39. The first kappa shape index (κ1) is 16.4. The van der Waals surface area contributed by atoms with E-state index in [0.29, 0.717) is 14.2 Å². The van der Waals surface area contributed by atoms with Crippen molar-refractivity contribution in [1.29, 1.82) is 0 Å². The molecule has 0 aliphatic carbocycles. The van der Waals surface area contributed by atoms with Crippen LogP contribution < -0.4 is 0 Å². The van der Waals surface area contributed by atoms with Crippen molar-refractivity contribution in [2.45, 2.75) is 12.8 Å². The van der Waals surface area contributed by atoms with Gasteiger partial charge in [0.2, 0.25) is 0 Å². The molecule has 0 aromatic carbocycles. The van der Waals surface area contributed by atoms with Crippen LogP contribution in [0.1, 0.15) is 18.4 Å². The third-order valence-corrected chi connectivity index (χ3v) is 5.04. The molecule has 2 amide bonds. The van der Waals surface area contributed by atoms with Crippen LogP contribution in [0.5, 0.6) is 0 Å². The highest BCUT2D eigenvalue weighted by Gasteiger charge is 2.34. The lowest BCUT2D eigenvalue weighted by molar-refractivity contribution is -0.137. The number of hydrogen-bond acceptors (Lipinski definition) is 5. The minimum absolute atomic E-state index is 0.0897. The van der Waals surface area contributed by atoms with Crippen LogP contribution in [0.4, 0.5) is 4.79 Å². The molecule has 2 rings (SSSR count). The molecule has 2 heterocycles. The van der Waals surface area contributed by atoms with Crippen LogP contribution in [0.25, 0.3) is 6.08 Å². The van der Waals surface area contributed by atoms with Crippen LogP contribution in [0.2, 0.25) is 8.67 Å². The summed E-state index contributed by atoms with van der Waals surface area (Å²) in [5, 5.41) is 8.16. The highest BCUT2D eigenvalue weighted by Crippen LogP contribution is 2.37. The Morgan fingerprint density at radius 2 is 2.10 bits per heavy atom. The van der Waals surface area contributed by atoms with Gasteiger partial charge in [-0.05, 0) is 30.3 Å². The van der Waals surface area contributed by atoms with Crippen molar-refractivity contribution in [3.8, 4) is 0 Å². The van der Waals surface area contributed by atoms with E-state index in [0.717, 1.165) is 16.7 Å². The van der Waals surface area contributed by atoms with E-state index in [-0.39, 0.29) is 24.3 Å². The summed E-state index contributed by atoms with van der Waals surface area (Å²) < 4.78 is 0.935. The van der Waals surface area contributed by atoms with E-state index in [2.05, 4.69) is 0 Å². The Bertz CT molecular complexity index is 641. The number of amides is 2. The van der Waals surface area contributed by atoms with E-state index < -0.39 is 17.1 Å². The lowest BCUT2D eigenvalue weighted by Crippen LogP contribution is -2.29. The van der Waals surface area contributed by atoms with Gasteiger partial charge in [0.1, 0.15) is 4.34 Å². The number of carboxylic acids is 1. The molecule has 1 aliphatic heterocycles. The first-order valence-corrected chi connectivity index (χ1v) is 8.19. The fourth-order valence-corrected chi connectivity index (χ4v) is 3.95. The highest BCUT2D eigenvalue weighted by atomic mass is 35.5. The van der Waals surface area contributed by atoms with Gasteiger partial charge in [0.15, 0.2) is 0 Å². The van der Waals surface area contributed by atoms with Gasteiger partial charge in [0, 0.05) is 18.5 Å². The molecule has 112 valence electrons. The Morgan fingerprint density at radius 1 is 1.38 bits per heavy atom. The molecule has 0 unspecified atom stereocenters. The van der Waals surface area contributed by atoms with Crippen molar-refractivity contribution in [2.75, 3.05) is 6.54 Å². The molecule has 5 nitrogen and oxygen atoms in total. The van der Waals surface area contributed by atoms with Crippen molar-refractivity contribution in [3.05, 3.63) is 25.2 Å². The molecule has 0 radical (unpaired) electrons. The fourth-order valence-electron chi connectivity index (χ4n) is 1.67. The first-order valence-electron chi connectivity index (χ1n) is 5.80. The number of aliphatic carboxylic acids is 1. The number of carbonyl (C=O) groups excluding carboxylic acids is 2. The normalized spacial score (nSPS) is 17.0. The van der Waals surface area contributed by atoms with Crippen LogP contribution in [0.15, 0.2) is 11.0 Å². The zero-order valence-electron chi connectivity index (χ0n) is 10.5. The number of carboxylic acid groups (broad SMARTS) is 1. The summed E-state index contributed by atoms with van der Waals surface area (Å²) in [5.74, 6) is -1.40. The molecule has 0 atom stereocenters. The fraction of sp³-hybridized carbons (Fsp3) is 0.250. The molecule has 9 heteroatoms. The third-order valence-electron chi connectivity index (χ3n) is 2.62. The van der Waals surface area contributed by atoms with E-state index in [1.165, 1.54) is 17.4 Å². The molecule has 1 fully saturated rings. The number of thioether (sulfide) groups is 1. The molecule has 1 saturated heterocycles. The third kappa shape index (κ3) is 4.00. The number of carbonyl (C=O) groups is 3. The van der Waals surface area contributed by atoms with Crippen LogP contribution in [0.3, 0.4) is 0 Å². The lowest BCUT2D eigenvalue weighted by Gasteiger charge is -2.10. The van der Waals surface area contributed by atoms with Crippen LogP contribution in [-0.2, 0) is 9.59 Å². The molecule has 1 aromatic heterocycles. The molecular weight excluding hydrogens is 357 g/mol. The zero-order chi connectivity index (χ0) is 15.6. The number of rotatable bonds is 5. The Kier molecular flexibility index (Phi) is 5.32. The van der Waals surface area contributed by atoms with Gasteiger partial charge >= 0.3 is 5.97 Å². The summed E-state index contributed by atoms with van der Waals surface area (Å²) >= 11 is 13.8. The van der Waals surface area contributed by atoms with Crippen LogP contribution >= 0.6 is 46.3 Å². The van der Waals surface area contributed by atoms with E-state index in [1.807, 2.05) is 0 Å². The van der Waals surface area contributed by atoms with Crippen molar-refractivity contribution in [3.63, 3.8) is 0 Å². The molecule has 1 N–H and O–H groups in total. The maximum Gasteiger partial charge on any atom is 0.303 e. The Morgan fingerprint density at radius 3 is 2.67 bits per heavy atom. The predicted octanol–water partition coefficient (Wildman–Crippen LogP) is 3.96. The molecular formula is C12H9Cl2NO4S2. The van der Waals surface area contributed by atoms with Gasteiger partial charge in [0.05, 0.1) is 9.24 Å². The number of nitrogens with zero attached hydrogens (tertiary/aromatic N) is 1. The zero-order valence-corrected chi connectivity index (χ0v) is 13.6. The van der Waals surface area contributed by atoms with Gasteiger partial charge in [-0.2, -0.15) is 0 Å². The van der Waals surface area contributed by atoms with Gasteiger partial charge in [0.25, 0.3) is 11.1 Å². The first-order chi connectivity index (χ1) is 9.88. The molecule has 0 saturated carbocycles. The summed E-state index contributed by atoms with van der Waals surface area (Å²) in [5.41, 5.74) is 0.586. The summed E-state index contributed by atoms with van der Waals surface area (Å²) in [6.07, 6.45) is 1.66. The van der Waals surface area contributed by atoms with E-state index >= 15 is 0 Å². The van der Waals surface area contributed by atoms with Crippen LogP contribution in [-0.4, -0.2) is 33.7 Å². The van der Waals surface area contributed by atoms with Crippen LogP contribution in [0, 0.1) is 0 Å². The Labute approximate surface area is 138 Å². The largest absolute Gasteiger partial charge is 0.481 e. The summed E-state index contributed by atoms with van der Waals surface area (Å²) in [7, 11) is 0. The monoisotopic (exact) mass is 365 g/mol. The quantitative estimate of drug-likeness (QED) is 0.799. The Balaban J connectivity index is 2.10. The molecule has 0 spiro atoms. The van der Waals surface area contributed by atoms with Gasteiger partial charge in [-0.1, -0.05) is 23.2 Å². The molecule has 1 aliphatic rings. The van der Waals surface area contributed by atoms with Crippen molar-refractivity contribution in [1.82, 2.24) is 4.90 Å². The van der Waals surface area contributed by atoms with Crippen molar-refractivity contribution < 1.29 is 19.5 Å². The van der Waals surface area contributed by atoms with Gasteiger partial charge in [-0.25, -0.2) is 0 Å². The molecule has 21 heavy (non-hydrogen) atoms. The topological polar surface area (TPSA) is 74.7 Å². The number of hydrogen-bond donors (Lipinski definition) is 1. The van der Waals surface area contributed by atoms with E-state index in [1.54, 1.807) is 6.07 Å². The minimum Gasteiger partial charge on any atom is -0.481 e. The maximum absolute atomic E-state index is 12.1. The number of imide groups is 1. The van der Waals surface area contributed by atoms with Crippen molar-refractivity contribution >= 4 is 69.5 Å². The standard InChI is InChI=1S/C12H9Cl2NO4S2/c13-8-5-6(10(14)21-8)4-7-11(18)15(12(19)20-7)3-1-2-9(16)17/h4-5H,1-3H2,(H,16,17). The minimum atomic E-state index is -0.961. The van der Waals surface area contributed by atoms with E-state index in [9.17, 15) is 14.4 Å². The lowest BCUT2D eigenvalue weighted by atomic mass is 10.2. The predicted molar refractivity (Wildman–Crippen MR) is 83.9 cm³/mol. The van der Waals surface area contributed by atoms with E-state index in [4.69, 9.17) is 28.3 Å². The van der Waals surface area contributed by atoms with Gasteiger partial charge in [-0.15, -0.1) is 11.3 Å². The summed E-state index contributed by atoms with van der Waals surface area (Å²) in [6, 6.07) is 1.62.